The number of aromatic amines is 1. The molecule has 1 aliphatic heterocycles. The topological polar surface area (TPSA) is 57.7 Å². The number of rotatable bonds is 2. The zero-order valence-corrected chi connectivity index (χ0v) is 11.4. The zero-order chi connectivity index (χ0) is 15.0. The van der Waals surface area contributed by atoms with Gasteiger partial charge in [0.2, 0.25) is 5.95 Å². The van der Waals surface area contributed by atoms with E-state index in [-0.39, 0.29) is 11.6 Å². The molecule has 1 N–H and O–H groups in total. The maximum Gasteiger partial charge on any atom is 0.433 e. The number of H-pyrrole nitrogens is 1. The first-order valence-electron chi connectivity index (χ1n) is 6.67. The number of aromatic nitrogens is 4. The number of aryl methyl sites for hydroxylation is 1. The van der Waals surface area contributed by atoms with Gasteiger partial charge in [0.15, 0.2) is 5.69 Å². The van der Waals surface area contributed by atoms with E-state index in [9.17, 15) is 13.2 Å². The van der Waals surface area contributed by atoms with Crippen molar-refractivity contribution in [2.75, 3.05) is 18.0 Å². The van der Waals surface area contributed by atoms with Gasteiger partial charge in [-0.15, -0.1) is 0 Å². The molecule has 0 atom stereocenters. The van der Waals surface area contributed by atoms with Crippen molar-refractivity contribution in [3.05, 3.63) is 23.5 Å². The highest BCUT2D eigenvalue weighted by Gasteiger charge is 2.34. The Morgan fingerprint density at radius 3 is 2.38 bits per heavy atom. The number of anilines is 1. The van der Waals surface area contributed by atoms with E-state index in [1.165, 1.54) is 0 Å². The first kappa shape index (κ1) is 13.8. The minimum atomic E-state index is -4.50. The second kappa shape index (κ2) is 5.01. The highest BCUT2D eigenvalue weighted by atomic mass is 19.4. The van der Waals surface area contributed by atoms with Crippen LogP contribution in [0.1, 0.15) is 24.2 Å². The third-order valence-electron chi connectivity index (χ3n) is 3.36. The molecule has 1 aliphatic rings. The number of halogens is 3. The van der Waals surface area contributed by atoms with Crippen LogP contribution in [0, 0.1) is 6.92 Å². The van der Waals surface area contributed by atoms with Crippen molar-refractivity contribution in [2.24, 2.45) is 0 Å². The van der Waals surface area contributed by atoms with Crippen molar-refractivity contribution in [1.29, 1.82) is 0 Å². The molecular formula is C13H14F3N5. The number of alkyl halides is 3. The highest BCUT2D eigenvalue weighted by Crippen LogP contribution is 2.32. The van der Waals surface area contributed by atoms with Crippen LogP contribution in [-0.2, 0) is 6.18 Å². The smallest absolute Gasteiger partial charge is 0.341 e. The molecule has 0 unspecified atom stereocenters. The Labute approximate surface area is 119 Å². The molecule has 0 aliphatic carbocycles. The summed E-state index contributed by atoms with van der Waals surface area (Å²) < 4.78 is 39.1. The molecule has 8 heteroatoms. The van der Waals surface area contributed by atoms with Crippen LogP contribution in [0.5, 0.6) is 0 Å². The van der Waals surface area contributed by atoms with Crippen LogP contribution in [0.15, 0.2) is 12.1 Å². The quantitative estimate of drug-likeness (QED) is 0.926. The van der Waals surface area contributed by atoms with E-state index in [1.54, 1.807) is 17.9 Å². The monoisotopic (exact) mass is 297 g/mol. The molecule has 1 saturated heterocycles. The van der Waals surface area contributed by atoms with Crippen molar-refractivity contribution >= 4 is 5.95 Å². The Hall–Kier alpha value is -2.12. The van der Waals surface area contributed by atoms with Crippen molar-refractivity contribution in [1.82, 2.24) is 20.2 Å². The molecule has 0 saturated carbocycles. The van der Waals surface area contributed by atoms with Gasteiger partial charge in [0.25, 0.3) is 0 Å². The van der Waals surface area contributed by atoms with Crippen LogP contribution >= 0.6 is 0 Å². The molecule has 0 bridgehead atoms. The lowest BCUT2D eigenvalue weighted by Crippen LogP contribution is -2.22. The average molecular weight is 297 g/mol. The van der Waals surface area contributed by atoms with Crippen LogP contribution in [0.25, 0.3) is 11.4 Å². The van der Waals surface area contributed by atoms with Gasteiger partial charge in [0, 0.05) is 18.8 Å². The SMILES string of the molecule is Cc1cc(-c2cc(C(F)(F)F)nc(N3CCCC3)n2)n[nH]1. The third-order valence-corrected chi connectivity index (χ3v) is 3.36. The molecule has 0 aromatic carbocycles. The van der Waals surface area contributed by atoms with E-state index in [4.69, 9.17) is 0 Å². The first-order chi connectivity index (χ1) is 9.93. The molecular weight excluding hydrogens is 283 g/mol. The lowest BCUT2D eigenvalue weighted by molar-refractivity contribution is -0.141. The Bertz CT molecular complexity index is 643. The Balaban J connectivity index is 2.08. The maximum absolute atomic E-state index is 13.0. The lowest BCUT2D eigenvalue weighted by atomic mass is 10.2. The Morgan fingerprint density at radius 1 is 1.10 bits per heavy atom. The molecule has 0 amide bonds. The van der Waals surface area contributed by atoms with E-state index in [2.05, 4.69) is 20.2 Å². The van der Waals surface area contributed by atoms with E-state index in [0.29, 0.717) is 18.8 Å². The minimum absolute atomic E-state index is 0.123. The molecule has 0 spiro atoms. The number of nitrogens with zero attached hydrogens (tertiary/aromatic N) is 4. The molecule has 3 heterocycles. The second-order valence-electron chi connectivity index (χ2n) is 5.07. The van der Waals surface area contributed by atoms with E-state index in [1.807, 2.05) is 0 Å². The molecule has 1 fully saturated rings. The predicted molar refractivity (Wildman–Crippen MR) is 70.8 cm³/mol. The van der Waals surface area contributed by atoms with Crippen molar-refractivity contribution < 1.29 is 13.2 Å². The van der Waals surface area contributed by atoms with Gasteiger partial charge in [-0.25, -0.2) is 9.97 Å². The van der Waals surface area contributed by atoms with Crippen LogP contribution < -0.4 is 4.90 Å². The highest BCUT2D eigenvalue weighted by molar-refractivity contribution is 5.57. The molecule has 5 nitrogen and oxygen atoms in total. The van der Waals surface area contributed by atoms with Gasteiger partial charge in [-0.3, -0.25) is 5.10 Å². The van der Waals surface area contributed by atoms with Crippen LogP contribution in [0.3, 0.4) is 0 Å². The van der Waals surface area contributed by atoms with Crippen LogP contribution in [0.4, 0.5) is 19.1 Å². The number of hydrogen-bond donors (Lipinski definition) is 1. The van der Waals surface area contributed by atoms with Gasteiger partial charge in [-0.05, 0) is 31.9 Å². The van der Waals surface area contributed by atoms with Crippen LogP contribution in [0.2, 0.25) is 0 Å². The summed E-state index contributed by atoms with van der Waals surface area (Å²) in [4.78, 5) is 9.69. The second-order valence-corrected chi connectivity index (χ2v) is 5.07. The largest absolute Gasteiger partial charge is 0.433 e. The number of hydrogen-bond acceptors (Lipinski definition) is 4. The summed E-state index contributed by atoms with van der Waals surface area (Å²) in [5, 5.41) is 6.68. The third kappa shape index (κ3) is 2.84. The lowest BCUT2D eigenvalue weighted by Gasteiger charge is -2.17. The predicted octanol–water partition coefficient (Wildman–Crippen LogP) is 2.79. The van der Waals surface area contributed by atoms with Gasteiger partial charge >= 0.3 is 6.18 Å². The normalized spacial score (nSPS) is 15.7. The van der Waals surface area contributed by atoms with Gasteiger partial charge < -0.3 is 4.90 Å². The van der Waals surface area contributed by atoms with Gasteiger partial charge in [0.1, 0.15) is 5.69 Å². The van der Waals surface area contributed by atoms with Gasteiger partial charge in [0.05, 0.1) is 5.69 Å². The molecule has 2 aromatic heterocycles. The Kier molecular flexibility index (Phi) is 3.30. The van der Waals surface area contributed by atoms with Gasteiger partial charge in [-0.1, -0.05) is 0 Å². The molecule has 21 heavy (non-hydrogen) atoms. The summed E-state index contributed by atoms with van der Waals surface area (Å²) >= 11 is 0. The van der Waals surface area contributed by atoms with E-state index < -0.39 is 11.9 Å². The molecule has 2 aromatic rings. The van der Waals surface area contributed by atoms with Crippen molar-refractivity contribution in [3.8, 4) is 11.4 Å². The summed E-state index contributed by atoms with van der Waals surface area (Å²) in [6.45, 7) is 3.14. The van der Waals surface area contributed by atoms with E-state index in [0.717, 1.165) is 24.6 Å². The van der Waals surface area contributed by atoms with Gasteiger partial charge in [-0.2, -0.15) is 18.3 Å². The summed E-state index contributed by atoms with van der Waals surface area (Å²) in [5.74, 6) is 0.123. The molecule has 112 valence electrons. The maximum atomic E-state index is 13.0. The summed E-state index contributed by atoms with van der Waals surface area (Å²) in [6.07, 6.45) is -2.62. The first-order valence-corrected chi connectivity index (χ1v) is 6.67. The van der Waals surface area contributed by atoms with Crippen LogP contribution in [-0.4, -0.2) is 33.3 Å². The standard InChI is InChI=1S/C13H14F3N5/c1-8-6-10(20-19-8)9-7-11(13(14,15)16)18-12(17-9)21-4-2-3-5-21/h6-7H,2-5H2,1H3,(H,19,20). The molecule has 0 radical (unpaired) electrons. The zero-order valence-electron chi connectivity index (χ0n) is 11.4. The number of nitrogens with one attached hydrogen (secondary N) is 1. The van der Waals surface area contributed by atoms with E-state index >= 15 is 0 Å². The minimum Gasteiger partial charge on any atom is -0.341 e. The van der Waals surface area contributed by atoms with Crippen molar-refractivity contribution in [2.45, 2.75) is 25.9 Å². The fourth-order valence-electron chi connectivity index (χ4n) is 2.32. The fourth-order valence-corrected chi connectivity index (χ4v) is 2.32. The summed E-state index contributed by atoms with van der Waals surface area (Å²) in [6, 6.07) is 2.60. The Morgan fingerprint density at radius 2 is 1.81 bits per heavy atom. The summed E-state index contributed by atoms with van der Waals surface area (Å²) in [5.41, 5.74) is 0.402. The average Bonchev–Trinajstić information content (AvgIpc) is 3.08. The summed E-state index contributed by atoms with van der Waals surface area (Å²) in [7, 11) is 0. The molecule has 3 rings (SSSR count). The fraction of sp³-hybridized carbons (Fsp3) is 0.462. The van der Waals surface area contributed by atoms with Crippen molar-refractivity contribution in [3.63, 3.8) is 0 Å².